The normalized spacial score (nSPS) is 26.7. The van der Waals surface area contributed by atoms with Crippen LogP contribution in [0.4, 0.5) is 0 Å². The van der Waals surface area contributed by atoms with Gasteiger partial charge in [0.25, 0.3) is 5.91 Å². The Bertz CT molecular complexity index is 941. The van der Waals surface area contributed by atoms with Crippen molar-refractivity contribution in [2.24, 2.45) is 0 Å². The first-order chi connectivity index (χ1) is 13.7. The van der Waals surface area contributed by atoms with Gasteiger partial charge < -0.3 is 9.64 Å². The van der Waals surface area contributed by atoms with Gasteiger partial charge >= 0.3 is 5.97 Å². The maximum atomic E-state index is 13.3. The predicted molar refractivity (Wildman–Crippen MR) is 118 cm³/mol. The average Bonchev–Trinajstić information content (AvgIpc) is 2.92. The number of hydrogen-bond donors (Lipinski definition) is 0. The molecule has 29 heavy (non-hydrogen) atoms. The van der Waals surface area contributed by atoms with Crippen LogP contribution in [0.15, 0.2) is 60.7 Å². The Labute approximate surface area is 188 Å². The zero-order chi connectivity index (χ0) is 21.0. The van der Waals surface area contributed by atoms with Crippen molar-refractivity contribution in [2.75, 3.05) is 0 Å². The Morgan fingerprint density at radius 1 is 1.03 bits per heavy atom. The van der Waals surface area contributed by atoms with Crippen LogP contribution in [-0.2, 0) is 25.1 Å². The standard InChI is InChI=1S/C21H19Br2NO4S/c1-20(2)16(24-18(26)21(22,23)19(24)29(20)27)17(25)28-15(13-9-5-3-6-10-13)14-11-7-4-8-12-14/h3-12,15-16,19H,1-2H3/t16?,19-,29?/m0/s1. The van der Waals surface area contributed by atoms with Crippen LogP contribution >= 0.6 is 31.9 Å². The quantitative estimate of drug-likeness (QED) is 0.335. The molecule has 3 atom stereocenters. The number of carbonyl (C=O) groups is 2. The van der Waals surface area contributed by atoms with E-state index in [-0.39, 0.29) is 5.91 Å². The van der Waals surface area contributed by atoms with Gasteiger partial charge in [0.15, 0.2) is 9.34 Å². The number of halogens is 2. The van der Waals surface area contributed by atoms with Crippen LogP contribution in [0.3, 0.4) is 0 Å². The number of hydrogen-bond acceptors (Lipinski definition) is 4. The van der Waals surface area contributed by atoms with Crippen molar-refractivity contribution in [2.45, 2.75) is 39.3 Å². The van der Waals surface area contributed by atoms with Gasteiger partial charge in [-0.25, -0.2) is 4.79 Å². The van der Waals surface area contributed by atoms with Crippen LogP contribution in [0.2, 0.25) is 0 Å². The van der Waals surface area contributed by atoms with Gasteiger partial charge in [-0.05, 0) is 25.0 Å². The van der Waals surface area contributed by atoms with Crippen LogP contribution in [0.25, 0.3) is 0 Å². The number of esters is 1. The van der Waals surface area contributed by atoms with Crippen molar-refractivity contribution in [3.05, 3.63) is 71.8 Å². The minimum atomic E-state index is -1.46. The largest absolute Gasteiger partial charge is 0.451 e. The number of amides is 1. The third-order valence-corrected chi connectivity index (χ3v) is 9.80. The molecule has 2 heterocycles. The highest BCUT2D eigenvalue weighted by molar-refractivity contribution is 9.26. The lowest BCUT2D eigenvalue weighted by atomic mass is 9.97. The summed E-state index contributed by atoms with van der Waals surface area (Å²) in [5.41, 5.74) is 1.65. The first-order valence-electron chi connectivity index (χ1n) is 9.09. The fourth-order valence-corrected chi connectivity index (χ4v) is 7.55. The number of rotatable bonds is 4. The summed E-state index contributed by atoms with van der Waals surface area (Å²) < 4.78 is 17.0. The molecule has 0 saturated carbocycles. The number of ether oxygens (including phenoxy) is 1. The van der Waals surface area contributed by atoms with Crippen molar-refractivity contribution < 1.29 is 18.5 Å². The van der Waals surface area contributed by atoms with Crippen LogP contribution < -0.4 is 0 Å². The lowest BCUT2D eigenvalue weighted by Crippen LogP contribution is -2.69. The van der Waals surface area contributed by atoms with E-state index in [1.54, 1.807) is 13.8 Å². The number of benzene rings is 2. The Kier molecular flexibility index (Phi) is 5.24. The smallest absolute Gasteiger partial charge is 0.331 e. The molecule has 0 bridgehead atoms. The highest BCUT2D eigenvalue weighted by Crippen LogP contribution is 2.55. The first kappa shape index (κ1) is 20.8. The van der Waals surface area contributed by atoms with Crippen LogP contribution in [0, 0.1) is 0 Å². The van der Waals surface area contributed by atoms with E-state index in [1.165, 1.54) is 4.90 Å². The molecule has 2 aliphatic heterocycles. The van der Waals surface area contributed by atoms with Crippen molar-refractivity contribution in [1.82, 2.24) is 4.90 Å². The van der Waals surface area contributed by atoms with E-state index in [2.05, 4.69) is 31.9 Å². The van der Waals surface area contributed by atoms with E-state index < -0.39 is 42.3 Å². The molecule has 8 heteroatoms. The summed E-state index contributed by atoms with van der Waals surface area (Å²) in [6.07, 6.45) is -0.623. The zero-order valence-corrected chi connectivity index (χ0v) is 19.7. The summed E-state index contributed by atoms with van der Waals surface area (Å²) >= 11 is 6.62. The van der Waals surface area contributed by atoms with Crippen LogP contribution in [0.1, 0.15) is 31.1 Å². The Hall–Kier alpha value is -1.51. The molecule has 1 amide bonds. The molecule has 2 aromatic rings. The molecule has 5 nitrogen and oxygen atoms in total. The molecule has 0 N–H and O–H groups in total. The number of nitrogens with zero attached hydrogens (tertiary/aromatic N) is 1. The summed E-state index contributed by atoms with van der Waals surface area (Å²) in [4.78, 5) is 27.3. The number of β-lactam (4-membered cyclic amide) rings is 1. The van der Waals surface area contributed by atoms with Crippen molar-refractivity contribution >= 4 is 54.5 Å². The van der Waals surface area contributed by atoms with Gasteiger partial charge in [-0.3, -0.25) is 9.00 Å². The van der Waals surface area contributed by atoms with Gasteiger partial charge in [-0.2, -0.15) is 0 Å². The van der Waals surface area contributed by atoms with E-state index in [0.717, 1.165) is 11.1 Å². The van der Waals surface area contributed by atoms with E-state index >= 15 is 0 Å². The topological polar surface area (TPSA) is 63.7 Å². The maximum absolute atomic E-state index is 13.3. The lowest BCUT2D eigenvalue weighted by Gasteiger charge is -2.46. The van der Waals surface area contributed by atoms with Crippen molar-refractivity contribution in [3.8, 4) is 0 Å². The molecule has 0 aromatic heterocycles. The van der Waals surface area contributed by atoms with Gasteiger partial charge in [-0.1, -0.05) is 92.5 Å². The average molecular weight is 541 g/mol. The second-order valence-electron chi connectivity index (χ2n) is 7.63. The Morgan fingerprint density at radius 2 is 1.52 bits per heavy atom. The fraction of sp³-hybridized carbons (Fsp3) is 0.333. The molecule has 2 saturated heterocycles. The Balaban J connectivity index is 1.68. The molecular weight excluding hydrogens is 522 g/mol. The summed E-state index contributed by atoms with van der Waals surface area (Å²) in [6.45, 7) is 3.47. The van der Waals surface area contributed by atoms with E-state index in [0.29, 0.717) is 0 Å². The molecule has 0 aliphatic carbocycles. The van der Waals surface area contributed by atoms with E-state index in [4.69, 9.17) is 4.74 Å². The van der Waals surface area contributed by atoms with Crippen LogP contribution in [-0.4, -0.2) is 40.4 Å². The molecule has 0 radical (unpaired) electrons. The highest BCUT2D eigenvalue weighted by Gasteiger charge is 2.73. The minimum absolute atomic E-state index is 0.320. The van der Waals surface area contributed by atoms with E-state index in [1.807, 2.05) is 60.7 Å². The molecule has 0 spiro atoms. The summed E-state index contributed by atoms with van der Waals surface area (Å²) in [5.74, 6) is -0.883. The fourth-order valence-electron chi connectivity index (χ4n) is 3.88. The summed E-state index contributed by atoms with van der Waals surface area (Å²) in [5, 5.41) is -0.630. The summed E-state index contributed by atoms with van der Waals surface area (Å²) in [6, 6.07) is 17.9. The van der Waals surface area contributed by atoms with Gasteiger partial charge in [0.2, 0.25) is 0 Å². The molecule has 2 unspecified atom stereocenters. The van der Waals surface area contributed by atoms with Gasteiger partial charge in [-0.15, -0.1) is 0 Å². The number of fused-ring (bicyclic) bond motifs is 1. The monoisotopic (exact) mass is 539 g/mol. The highest BCUT2D eigenvalue weighted by atomic mass is 79.9. The molecule has 2 aliphatic rings. The van der Waals surface area contributed by atoms with Crippen molar-refractivity contribution in [3.63, 3.8) is 0 Å². The van der Waals surface area contributed by atoms with Crippen LogP contribution in [0.5, 0.6) is 0 Å². The second kappa shape index (κ2) is 7.32. The molecule has 152 valence electrons. The molecule has 4 rings (SSSR count). The van der Waals surface area contributed by atoms with Gasteiger partial charge in [0.1, 0.15) is 11.4 Å². The minimum Gasteiger partial charge on any atom is -0.451 e. The molecule has 2 fully saturated rings. The predicted octanol–water partition coefficient (Wildman–Crippen LogP) is 3.88. The zero-order valence-electron chi connectivity index (χ0n) is 15.7. The third-order valence-electron chi connectivity index (χ3n) is 5.40. The molecular formula is C21H19Br2NO4S. The van der Waals surface area contributed by atoms with Gasteiger partial charge in [0, 0.05) is 0 Å². The lowest BCUT2D eigenvalue weighted by molar-refractivity contribution is -0.164. The molecule has 2 aromatic carbocycles. The first-order valence-corrected chi connectivity index (χ1v) is 11.9. The number of alkyl halides is 2. The SMILES string of the molecule is CC1(C)C(C(=O)OC(c2ccccc2)c2ccccc2)N2C(=O)C(Br)(Br)[C@@H]2S1=O. The Morgan fingerprint density at radius 3 is 2.00 bits per heavy atom. The van der Waals surface area contributed by atoms with Gasteiger partial charge in [0.05, 0.1) is 15.5 Å². The maximum Gasteiger partial charge on any atom is 0.331 e. The van der Waals surface area contributed by atoms with Crippen molar-refractivity contribution in [1.29, 1.82) is 0 Å². The summed E-state index contributed by atoms with van der Waals surface area (Å²) in [7, 11) is -1.46. The number of carbonyl (C=O) groups excluding carboxylic acids is 2. The second-order valence-corrected chi connectivity index (χ2v) is 13.3. The van der Waals surface area contributed by atoms with E-state index in [9.17, 15) is 13.8 Å². The third kappa shape index (κ3) is 3.20.